The Balaban J connectivity index is 1.96. The normalized spacial score (nSPS) is 11.6. The molecule has 0 unspecified atom stereocenters. The number of esters is 1. The van der Waals surface area contributed by atoms with Gasteiger partial charge in [-0.15, -0.1) is 0 Å². The highest BCUT2D eigenvalue weighted by Crippen LogP contribution is 2.28. The molecule has 0 aliphatic carbocycles. The third-order valence-electron chi connectivity index (χ3n) is 3.85. The second kappa shape index (κ2) is 10.0. The number of carbonyl (C=O) groups is 2. The summed E-state index contributed by atoms with van der Waals surface area (Å²) in [6.07, 6.45) is 1.83. The maximum atomic E-state index is 12.2. The van der Waals surface area contributed by atoms with Gasteiger partial charge < -0.3 is 24.3 Å². The van der Waals surface area contributed by atoms with Crippen LogP contribution in [0.5, 0.6) is 17.2 Å². The Kier molecular flexibility index (Phi) is 7.45. The van der Waals surface area contributed by atoms with Gasteiger partial charge in [-0.25, -0.2) is 4.79 Å². The van der Waals surface area contributed by atoms with Crippen LogP contribution in [0.2, 0.25) is 0 Å². The smallest absolute Gasteiger partial charge is 0.331 e. The Morgan fingerprint density at radius 3 is 2.29 bits per heavy atom. The van der Waals surface area contributed by atoms with Crippen LogP contribution in [0.4, 0.5) is 5.69 Å². The Morgan fingerprint density at radius 2 is 1.61 bits per heavy atom. The predicted octanol–water partition coefficient (Wildman–Crippen LogP) is 3.30. The number of para-hydroxylation sites is 2. The summed E-state index contributed by atoms with van der Waals surface area (Å²) in [6.45, 7) is 1.49. The zero-order valence-electron chi connectivity index (χ0n) is 16.2. The second-order valence-electron chi connectivity index (χ2n) is 5.72. The maximum Gasteiger partial charge on any atom is 0.331 e. The molecule has 1 amide bonds. The van der Waals surface area contributed by atoms with Crippen LogP contribution < -0.4 is 19.5 Å². The average molecular weight is 385 g/mol. The summed E-state index contributed by atoms with van der Waals surface area (Å²) >= 11 is 0. The van der Waals surface area contributed by atoms with Gasteiger partial charge in [0.05, 0.1) is 27.0 Å². The fraction of sp³-hybridized carbons (Fsp3) is 0.238. The quantitative estimate of drug-likeness (QED) is 0.555. The minimum absolute atomic E-state index is 0.461. The van der Waals surface area contributed by atoms with Crippen molar-refractivity contribution >= 4 is 23.6 Å². The molecule has 0 aromatic heterocycles. The van der Waals surface area contributed by atoms with E-state index in [2.05, 4.69) is 5.32 Å². The van der Waals surface area contributed by atoms with Gasteiger partial charge in [0.2, 0.25) is 0 Å². The molecule has 2 rings (SSSR count). The summed E-state index contributed by atoms with van der Waals surface area (Å²) in [5.41, 5.74) is 1.22. The highest BCUT2D eigenvalue weighted by molar-refractivity contribution is 5.97. The van der Waals surface area contributed by atoms with Crippen LogP contribution in [0, 0.1) is 0 Å². The lowest BCUT2D eigenvalue weighted by Gasteiger charge is -2.14. The molecule has 0 saturated heterocycles. The van der Waals surface area contributed by atoms with Crippen molar-refractivity contribution in [2.45, 2.75) is 13.0 Å². The van der Waals surface area contributed by atoms with E-state index in [4.69, 9.17) is 18.9 Å². The van der Waals surface area contributed by atoms with E-state index in [-0.39, 0.29) is 0 Å². The summed E-state index contributed by atoms with van der Waals surface area (Å²) in [6, 6.07) is 12.2. The van der Waals surface area contributed by atoms with Gasteiger partial charge in [-0.1, -0.05) is 18.2 Å². The van der Waals surface area contributed by atoms with Crippen molar-refractivity contribution in [2.24, 2.45) is 0 Å². The van der Waals surface area contributed by atoms with Crippen LogP contribution in [0.15, 0.2) is 48.5 Å². The number of hydrogen-bond acceptors (Lipinski definition) is 6. The number of rotatable bonds is 8. The van der Waals surface area contributed by atoms with E-state index in [0.29, 0.717) is 22.9 Å². The van der Waals surface area contributed by atoms with E-state index in [9.17, 15) is 9.59 Å². The van der Waals surface area contributed by atoms with Crippen LogP contribution in [0.3, 0.4) is 0 Å². The van der Waals surface area contributed by atoms with E-state index >= 15 is 0 Å². The van der Waals surface area contributed by atoms with Crippen molar-refractivity contribution in [1.82, 2.24) is 0 Å². The number of anilines is 1. The van der Waals surface area contributed by atoms with Crippen molar-refractivity contribution in [3.63, 3.8) is 0 Å². The largest absolute Gasteiger partial charge is 0.495 e. The van der Waals surface area contributed by atoms with Gasteiger partial charge in [0.1, 0.15) is 5.75 Å². The molecule has 0 fully saturated rings. The van der Waals surface area contributed by atoms with E-state index < -0.39 is 18.0 Å². The standard InChI is InChI=1S/C21H23NO6/c1-14(21(24)22-16-7-5-6-8-17(16)25-2)28-20(23)12-10-15-9-11-18(26-3)19(13-15)27-4/h5-14H,1-4H3,(H,22,24)/b12-10+/t14-/m1/s1. The van der Waals surface area contributed by atoms with Gasteiger partial charge >= 0.3 is 5.97 Å². The van der Waals surface area contributed by atoms with Crippen molar-refractivity contribution in [2.75, 3.05) is 26.6 Å². The van der Waals surface area contributed by atoms with Crippen LogP contribution in [0.1, 0.15) is 12.5 Å². The molecular weight excluding hydrogens is 362 g/mol. The zero-order chi connectivity index (χ0) is 20.5. The van der Waals surface area contributed by atoms with E-state index in [0.717, 1.165) is 5.56 Å². The molecule has 148 valence electrons. The van der Waals surface area contributed by atoms with E-state index in [1.165, 1.54) is 27.2 Å². The molecule has 1 atom stereocenters. The molecule has 7 nitrogen and oxygen atoms in total. The first-order valence-corrected chi connectivity index (χ1v) is 8.53. The number of nitrogens with one attached hydrogen (secondary N) is 1. The molecule has 1 N–H and O–H groups in total. The first-order valence-electron chi connectivity index (χ1n) is 8.53. The summed E-state index contributed by atoms with van der Waals surface area (Å²) in [5, 5.41) is 2.67. The lowest BCUT2D eigenvalue weighted by atomic mass is 10.2. The van der Waals surface area contributed by atoms with Gasteiger partial charge in [-0.2, -0.15) is 0 Å². The van der Waals surface area contributed by atoms with Crippen molar-refractivity contribution < 1.29 is 28.5 Å². The number of benzene rings is 2. The van der Waals surface area contributed by atoms with Gasteiger partial charge in [0.25, 0.3) is 5.91 Å². The number of ether oxygens (including phenoxy) is 4. The molecule has 0 aliphatic rings. The maximum absolute atomic E-state index is 12.2. The number of carbonyl (C=O) groups excluding carboxylic acids is 2. The minimum Gasteiger partial charge on any atom is -0.495 e. The Labute approximate surface area is 163 Å². The highest BCUT2D eigenvalue weighted by Gasteiger charge is 2.18. The molecule has 0 bridgehead atoms. The van der Waals surface area contributed by atoms with Gasteiger partial charge in [0, 0.05) is 6.08 Å². The molecule has 0 heterocycles. The average Bonchev–Trinajstić information content (AvgIpc) is 2.72. The van der Waals surface area contributed by atoms with E-state index in [1.54, 1.807) is 55.7 Å². The lowest BCUT2D eigenvalue weighted by Crippen LogP contribution is -2.29. The first-order chi connectivity index (χ1) is 13.5. The molecule has 28 heavy (non-hydrogen) atoms. The fourth-order valence-corrected chi connectivity index (χ4v) is 2.37. The van der Waals surface area contributed by atoms with Gasteiger partial charge in [-0.05, 0) is 42.8 Å². The highest BCUT2D eigenvalue weighted by atomic mass is 16.5. The van der Waals surface area contributed by atoms with Crippen molar-refractivity contribution in [3.8, 4) is 17.2 Å². The third kappa shape index (κ3) is 5.51. The third-order valence-corrected chi connectivity index (χ3v) is 3.85. The first kappa shape index (κ1) is 20.8. The van der Waals surface area contributed by atoms with Gasteiger partial charge in [0.15, 0.2) is 17.6 Å². The monoisotopic (exact) mass is 385 g/mol. The van der Waals surface area contributed by atoms with Crippen molar-refractivity contribution in [3.05, 3.63) is 54.1 Å². The molecule has 0 aliphatic heterocycles. The second-order valence-corrected chi connectivity index (χ2v) is 5.72. The minimum atomic E-state index is -0.979. The summed E-state index contributed by atoms with van der Waals surface area (Å²) < 4.78 is 20.7. The topological polar surface area (TPSA) is 83.1 Å². The Morgan fingerprint density at radius 1 is 0.929 bits per heavy atom. The molecule has 2 aromatic rings. The number of methoxy groups -OCH3 is 3. The fourth-order valence-electron chi connectivity index (χ4n) is 2.37. The van der Waals surface area contributed by atoms with Crippen LogP contribution in [-0.2, 0) is 14.3 Å². The Bertz CT molecular complexity index is 862. The molecule has 0 radical (unpaired) electrons. The summed E-state index contributed by atoms with van der Waals surface area (Å²) in [5.74, 6) is 0.545. The zero-order valence-corrected chi connectivity index (χ0v) is 16.2. The van der Waals surface area contributed by atoms with Crippen LogP contribution in [0.25, 0.3) is 6.08 Å². The molecule has 0 saturated carbocycles. The molecule has 0 spiro atoms. The SMILES string of the molecule is COc1ccccc1NC(=O)[C@@H](C)OC(=O)/C=C/c1ccc(OC)c(OC)c1. The predicted molar refractivity (Wildman–Crippen MR) is 106 cm³/mol. The number of amides is 1. The van der Waals surface area contributed by atoms with Gasteiger partial charge in [-0.3, -0.25) is 4.79 Å². The summed E-state index contributed by atoms with van der Waals surface area (Å²) in [4.78, 5) is 24.3. The molecule has 7 heteroatoms. The molecular formula is C21H23NO6. The Hall–Kier alpha value is -3.48. The van der Waals surface area contributed by atoms with Crippen molar-refractivity contribution in [1.29, 1.82) is 0 Å². The van der Waals surface area contributed by atoms with Crippen LogP contribution in [-0.4, -0.2) is 39.3 Å². The lowest BCUT2D eigenvalue weighted by molar-refractivity contribution is -0.148. The van der Waals surface area contributed by atoms with E-state index in [1.807, 2.05) is 0 Å². The molecule has 2 aromatic carbocycles. The van der Waals surface area contributed by atoms with Crippen LogP contribution >= 0.6 is 0 Å². The summed E-state index contributed by atoms with van der Waals surface area (Å²) in [7, 11) is 4.58. The number of hydrogen-bond donors (Lipinski definition) is 1.